The summed E-state index contributed by atoms with van der Waals surface area (Å²) < 4.78 is 5.33. The van der Waals surface area contributed by atoms with E-state index in [4.69, 9.17) is 4.74 Å². The van der Waals surface area contributed by atoms with Crippen molar-refractivity contribution >= 4 is 11.6 Å². The van der Waals surface area contributed by atoms with Gasteiger partial charge in [-0.3, -0.25) is 9.79 Å². The number of aliphatic imine (C=N–C) groups is 1. The molecule has 2 rings (SSSR count). The molecular weight excluding hydrogens is 240 g/mol. The Bertz CT molecular complexity index is 548. The molecule has 4 nitrogen and oxygen atoms in total. The summed E-state index contributed by atoms with van der Waals surface area (Å²) in [6, 6.07) is 1.93. The Balaban J connectivity index is 2.33. The van der Waals surface area contributed by atoms with Gasteiger partial charge < -0.3 is 10.1 Å². The van der Waals surface area contributed by atoms with Gasteiger partial charge in [-0.15, -0.1) is 0 Å². The van der Waals surface area contributed by atoms with Gasteiger partial charge in [-0.2, -0.15) is 0 Å². The standard InChI is InChI=1S/C15H20N2O2/c1-9-7-13(19-4)10(2)11(3)15(9)12(18)8-14-16-5-6-17-14/h7H,5-6,8H2,1-4H3,(H,16,17). The van der Waals surface area contributed by atoms with Crippen LogP contribution in [0, 0.1) is 20.8 Å². The molecule has 102 valence electrons. The smallest absolute Gasteiger partial charge is 0.170 e. The summed E-state index contributed by atoms with van der Waals surface area (Å²) in [6.45, 7) is 7.51. The van der Waals surface area contributed by atoms with Crippen LogP contribution in [0.1, 0.15) is 33.5 Å². The molecule has 1 heterocycles. The van der Waals surface area contributed by atoms with Crippen molar-refractivity contribution in [3.8, 4) is 5.75 Å². The highest BCUT2D eigenvalue weighted by Crippen LogP contribution is 2.28. The Morgan fingerprint density at radius 2 is 2.11 bits per heavy atom. The second-order valence-electron chi connectivity index (χ2n) is 4.88. The van der Waals surface area contributed by atoms with Crippen molar-refractivity contribution in [1.29, 1.82) is 0 Å². The summed E-state index contributed by atoms with van der Waals surface area (Å²) in [4.78, 5) is 16.7. The van der Waals surface area contributed by atoms with Crippen LogP contribution in [0.2, 0.25) is 0 Å². The molecular formula is C15H20N2O2. The van der Waals surface area contributed by atoms with Crippen molar-refractivity contribution in [2.24, 2.45) is 4.99 Å². The highest BCUT2D eigenvalue weighted by atomic mass is 16.5. The number of rotatable bonds is 4. The molecule has 0 spiro atoms. The number of benzene rings is 1. The van der Waals surface area contributed by atoms with Crippen LogP contribution in [0.3, 0.4) is 0 Å². The third kappa shape index (κ3) is 2.62. The molecule has 0 saturated heterocycles. The number of ketones is 1. The minimum absolute atomic E-state index is 0.119. The average molecular weight is 260 g/mol. The third-order valence-electron chi connectivity index (χ3n) is 3.62. The molecule has 1 N–H and O–H groups in total. The number of carbonyl (C=O) groups is 1. The Morgan fingerprint density at radius 3 is 2.68 bits per heavy atom. The molecule has 0 aliphatic carbocycles. The predicted molar refractivity (Wildman–Crippen MR) is 76.5 cm³/mol. The van der Waals surface area contributed by atoms with Gasteiger partial charge in [0.25, 0.3) is 0 Å². The van der Waals surface area contributed by atoms with E-state index in [0.717, 1.165) is 46.9 Å². The molecule has 0 unspecified atom stereocenters. The minimum Gasteiger partial charge on any atom is -0.496 e. The van der Waals surface area contributed by atoms with Gasteiger partial charge in [-0.1, -0.05) is 0 Å². The van der Waals surface area contributed by atoms with Gasteiger partial charge in [0.05, 0.1) is 20.1 Å². The van der Waals surface area contributed by atoms with Crippen LogP contribution in [0.4, 0.5) is 0 Å². The summed E-state index contributed by atoms with van der Waals surface area (Å²) in [5, 5.41) is 3.14. The zero-order chi connectivity index (χ0) is 14.0. The van der Waals surface area contributed by atoms with Crippen LogP contribution >= 0.6 is 0 Å². The van der Waals surface area contributed by atoms with E-state index in [2.05, 4.69) is 10.3 Å². The molecule has 19 heavy (non-hydrogen) atoms. The van der Waals surface area contributed by atoms with Crippen molar-refractivity contribution in [2.75, 3.05) is 20.2 Å². The summed E-state index contributed by atoms with van der Waals surface area (Å²) >= 11 is 0. The van der Waals surface area contributed by atoms with E-state index in [-0.39, 0.29) is 5.78 Å². The van der Waals surface area contributed by atoms with Crippen molar-refractivity contribution in [1.82, 2.24) is 5.32 Å². The fraction of sp³-hybridized carbons (Fsp3) is 0.467. The Morgan fingerprint density at radius 1 is 1.37 bits per heavy atom. The molecule has 0 radical (unpaired) electrons. The number of amidine groups is 1. The topological polar surface area (TPSA) is 50.7 Å². The van der Waals surface area contributed by atoms with E-state index in [9.17, 15) is 4.79 Å². The maximum Gasteiger partial charge on any atom is 0.170 e. The van der Waals surface area contributed by atoms with E-state index >= 15 is 0 Å². The van der Waals surface area contributed by atoms with Gasteiger partial charge in [0.2, 0.25) is 0 Å². The first-order valence-corrected chi connectivity index (χ1v) is 6.49. The van der Waals surface area contributed by atoms with Crippen LogP contribution in [0.15, 0.2) is 11.1 Å². The monoisotopic (exact) mass is 260 g/mol. The average Bonchev–Trinajstić information content (AvgIpc) is 2.86. The predicted octanol–water partition coefficient (Wildman–Crippen LogP) is 2.19. The first kappa shape index (κ1) is 13.6. The molecule has 1 aromatic carbocycles. The van der Waals surface area contributed by atoms with E-state index in [1.807, 2.05) is 26.8 Å². The Labute approximate surface area is 113 Å². The lowest BCUT2D eigenvalue weighted by Gasteiger charge is -2.15. The van der Waals surface area contributed by atoms with Gasteiger partial charge in [0.1, 0.15) is 11.6 Å². The number of hydrogen-bond donors (Lipinski definition) is 1. The van der Waals surface area contributed by atoms with Crippen molar-refractivity contribution < 1.29 is 9.53 Å². The highest BCUT2D eigenvalue weighted by Gasteiger charge is 2.19. The fourth-order valence-electron chi connectivity index (χ4n) is 2.49. The van der Waals surface area contributed by atoms with Crippen LogP contribution in [-0.2, 0) is 0 Å². The third-order valence-corrected chi connectivity index (χ3v) is 3.62. The first-order chi connectivity index (χ1) is 9.04. The summed E-state index contributed by atoms with van der Waals surface area (Å²) in [7, 11) is 1.65. The fourth-order valence-corrected chi connectivity index (χ4v) is 2.49. The maximum absolute atomic E-state index is 12.4. The Kier molecular flexibility index (Phi) is 3.88. The number of methoxy groups -OCH3 is 1. The second kappa shape index (κ2) is 5.43. The lowest BCUT2D eigenvalue weighted by molar-refractivity contribution is 0.0998. The zero-order valence-electron chi connectivity index (χ0n) is 12.0. The quantitative estimate of drug-likeness (QED) is 0.844. The minimum atomic E-state index is 0.119. The summed E-state index contributed by atoms with van der Waals surface area (Å²) in [5.74, 6) is 1.76. The molecule has 0 amide bonds. The van der Waals surface area contributed by atoms with Gasteiger partial charge in [0.15, 0.2) is 5.78 Å². The SMILES string of the molecule is COc1cc(C)c(C(=O)CC2=NCCN2)c(C)c1C. The number of Topliss-reactive ketones (excluding diaryl/α,β-unsaturated/α-hetero) is 1. The number of aryl methyl sites for hydroxylation is 1. The number of hydrogen-bond acceptors (Lipinski definition) is 4. The van der Waals surface area contributed by atoms with Crippen molar-refractivity contribution in [3.63, 3.8) is 0 Å². The molecule has 0 bridgehead atoms. The number of nitrogens with one attached hydrogen (secondary N) is 1. The molecule has 0 saturated carbocycles. The molecule has 0 atom stereocenters. The number of carbonyl (C=O) groups excluding carboxylic acids is 1. The molecule has 4 heteroatoms. The molecule has 0 fully saturated rings. The largest absolute Gasteiger partial charge is 0.496 e. The van der Waals surface area contributed by atoms with E-state index < -0.39 is 0 Å². The zero-order valence-corrected chi connectivity index (χ0v) is 12.0. The van der Waals surface area contributed by atoms with Gasteiger partial charge in [-0.25, -0.2) is 0 Å². The lowest BCUT2D eigenvalue weighted by atomic mass is 9.93. The van der Waals surface area contributed by atoms with E-state index in [0.29, 0.717) is 6.42 Å². The number of ether oxygens (including phenoxy) is 1. The van der Waals surface area contributed by atoms with Gasteiger partial charge in [0, 0.05) is 12.1 Å². The molecule has 0 aromatic heterocycles. The summed E-state index contributed by atoms with van der Waals surface area (Å²) in [6.07, 6.45) is 0.355. The van der Waals surface area contributed by atoms with Crippen molar-refractivity contribution in [3.05, 3.63) is 28.3 Å². The first-order valence-electron chi connectivity index (χ1n) is 6.49. The normalized spacial score (nSPS) is 14.0. The van der Waals surface area contributed by atoms with E-state index in [1.165, 1.54) is 0 Å². The van der Waals surface area contributed by atoms with Crippen LogP contribution < -0.4 is 10.1 Å². The number of nitrogens with zero attached hydrogens (tertiary/aromatic N) is 1. The second-order valence-corrected chi connectivity index (χ2v) is 4.88. The van der Waals surface area contributed by atoms with Gasteiger partial charge in [-0.05, 0) is 43.5 Å². The molecule has 1 aliphatic rings. The van der Waals surface area contributed by atoms with Crippen LogP contribution in [-0.4, -0.2) is 31.8 Å². The lowest BCUT2D eigenvalue weighted by Crippen LogP contribution is -2.22. The molecule has 1 aromatic rings. The van der Waals surface area contributed by atoms with Crippen LogP contribution in [0.5, 0.6) is 5.75 Å². The highest BCUT2D eigenvalue weighted by molar-refractivity contribution is 6.10. The van der Waals surface area contributed by atoms with Gasteiger partial charge >= 0.3 is 0 Å². The van der Waals surface area contributed by atoms with Crippen LogP contribution in [0.25, 0.3) is 0 Å². The van der Waals surface area contributed by atoms with E-state index in [1.54, 1.807) is 7.11 Å². The molecule has 1 aliphatic heterocycles. The maximum atomic E-state index is 12.4. The van der Waals surface area contributed by atoms with Crippen molar-refractivity contribution in [2.45, 2.75) is 27.2 Å². The Hall–Kier alpha value is -1.84. The summed E-state index contributed by atoms with van der Waals surface area (Å²) in [5.41, 5.74) is 3.79.